The first kappa shape index (κ1) is 15.9. The van der Waals surface area contributed by atoms with Crippen LogP contribution in [0.5, 0.6) is 0 Å². The van der Waals surface area contributed by atoms with Gasteiger partial charge in [0.05, 0.1) is 36.6 Å². The summed E-state index contributed by atoms with van der Waals surface area (Å²) in [6.45, 7) is 0. The molecule has 0 amide bonds. The molecule has 3 fully saturated rings. The van der Waals surface area contributed by atoms with Gasteiger partial charge < -0.3 is 14.2 Å². The summed E-state index contributed by atoms with van der Waals surface area (Å²) in [7, 11) is 0. The molecule has 0 aromatic heterocycles. The van der Waals surface area contributed by atoms with Crippen LogP contribution in [0.2, 0.25) is 0 Å². The van der Waals surface area contributed by atoms with Gasteiger partial charge in [-0.05, 0) is 38.5 Å². The molecule has 5 rings (SSSR count). The van der Waals surface area contributed by atoms with Gasteiger partial charge >= 0.3 is 0 Å². The van der Waals surface area contributed by atoms with Gasteiger partial charge in [0.15, 0.2) is 0 Å². The number of fused-ring (bicyclic) bond motifs is 8. The summed E-state index contributed by atoms with van der Waals surface area (Å²) in [5.74, 6) is 0. The van der Waals surface area contributed by atoms with Gasteiger partial charge in [-0.25, -0.2) is 0 Å². The molecule has 8 bridgehead atoms. The molecule has 132 valence electrons. The molecule has 3 nitrogen and oxygen atoms in total. The summed E-state index contributed by atoms with van der Waals surface area (Å²) < 4.78 is 18.9. The summed E-state index contributed by atoms with van der Waals surface area (Å²) in [5, 5.41) is 1.27. The third kappa shape index (κ3) is 3.48. The minimum absolute atomic E-state index is 0.244. The van der Waals surface area contributed by atoms with Crippen molar-refractivity contribution in [3.05, 3.63) is 24.3 Å². The zero-order valence-corrected chi connectivity index (χ0v) is 15.0. The number of rotatable bonds is 0. The van der Waals surface area contributed by atoms with Crippen molar-refractivity contribution in [1.82, 2.24) is 0 Å². The van der Waals surface area contributed by atoms with E-state index in [9.17, 15) is 0 Å². The molecule has 5 heterocycles. The monoisotopic (exact) mass is 348 g/mol. The van der Waals surface area contributed by atoms with Crippen LogP contribution in [0, 0.1) is 0 Å². The van der Waals surface area contributed by atoms with Gasteiger partial charge in [-0.15, -0.1) is 11.8 Å². The lowest BCUT2D eigenvalue weighted by atomic mass is 10.1. The zero-order chi connectivity index (χ0) is 15.9. The van der Waals surface area contributed by atoms with Crippen molar-refractivity contribution in [3.63, 3.8) is 0 Å². The van der Waals surface area contributed by atoms with E-state index in [0.717, 1.165) is 12.8 Å². The summed E-state index contributed by atoms with van der Waals surface area (Å²) in [4.78, 5) is 0. The highest BCUT2D eigenvalue weighted by Crippen LogP contribution is 2.39. The van der Waals surface area contributed by atoms with Gasteiger partial charge in [-0.1, -0.05) is 24.3 Å². The predicted molar refractivity (Wildman–Crippen MR) is 96.4 cm³/mol. The van der Waals surface area contributed by atoms with Crippen molar-refractivity contribution in [2.45, 2.75) is 98.5 Å². The first-order chi connectivity index (χ1) is 11.8. The van der Waals surface area contributed by atoms with Crippen LogP contribution in [0.25, 0.3) is 0 Å². The van der Waals surface area contributed by atoms with E-state index in [0.29, 0.717) is 34.9 Å². The third-order valence-corrected chi connectivity index (χ3v) is 7.55. The van der Waals surface area contributed by atoms with Crippen molar-refractivity contribution < 1.29 is 14.2 Å². The van der Waals surface area contributed by atoms with Gasteiger partial charge in [0.25, 0.3) is 0 Å². The summed E-state index contributed by atoms with van der Waals surface area (Å²) in [6.07, 6.45) is 20.7. The van der Waals surface area contributed by atoms with E-state index in [2.05, 4.69) is 36.1 Å². The van der Waals surface area contributed by atoms with E-state index >= 15 is 0 Å². The highest BCUT2D eigenvalue weighted by molar-refractivity contribution is 8.01. The lowest BCUT2D eigenvalue weighted by Crippen LogP contribution is -2.24. The van der Waals surface area contributed by atoms with E-state index in [1.165, 1.54) is 38.5 Å². The Balaban J connectivity index is 1.28. The van der Waals surface area contributed by atoms with E-state index < -0.39 is 0 Å². The third-order valence-electron chi connectivity index (χ3n) is 6.15. The molecule has 5 aliphatic heterocycles. The van der Waals surface area contributed by atoms with E-state index in [-0.39, 0.29) is 12.2 Å². The number of thioether (sulfide) groups is 1. The fourth-order valence-electron chi connectivity index (χ4n) is 4.95. The molecular formula is C20H28O3S. The molecule has 0 radical (unpaired) electrons. The predicted octanol–water partition coefficient (Wildman–Crippen LogP) is 4.02. The molecule has 0 saturated carbocycles. The maximum atomic E-state index is 6.33. The van der Waals surface area contributed by atoms with Crippen LogP contribution in [0.1, 0.15) is 51.4 Å². The van der Waals surface area contributed by atoms with Gasteiger partial charge in [0, 0.05) is 23.3 Å². The SMILES string of the molecule is C1=CC2CC3CCC(CC4C=CC(CC5CCC(CC1O2)O5)S4)O3. The summed E-state index contributed by atoms with van der Waals surface area (Å²) >= 11 is 2.13. The van der Waals surface area contributed by atoms with E-state index in [1.54, 1.807) is 0 Å². The van der Waals surface area contributed by atoms with E-state index in [4.69, 9.17) is 14.2 Å². The Bertz CT molecular complexity index is 433. The average molecular weight is 349 g/mol. The van der Waals surface area contributed by atoms with Gasteiger partial charge in [0.1, 0.15) is 0 Å². The van der Waals surface area contributed by atoms with Crippen LogP contribution < -0.4 is 0 Å². The Kier molecular flexibility index (Phi) is 4.50. The first-order valence-electron chi connectivity index (χ1n) is 9.78. The summed E-state index contributed by atoms with van der Waals surface area (Å²) in [5.41, 5.74) is 0. The van der Waals surface area contributed by atoms with Gasteiger partial charge in [-0.3, -0.25) is 0 Å². The molecule has 0 aliphatic carbocycles. The van der Waals surface area contributed by atoms with Crippen LogP contribution in [0.15, 0.2) is 24.3 Å². The Morgan fingerprint density at radius 2 is 1.00 bits per heavy atom. The maximum absolute atomic E-state index is 6.33. The lowest BCUT2D eigenvalue weighted by Gasteiger charge is -2.22. The highest BCUT2D eigenvalue weighted by Gasteiger charge is 2.35. The Hall–Kier alpha value is -0.290. The zero-order valence-electron chi connectivity index (χ0n) is 14.2. The first-order valence-corrected chi connectivity index (χ1v) is 10.7. The normalized spacial score (nSPS) is 50.7. The molecule has 8 atom stereocenters. The van der Waals surface area contributed by atoms with Crippen LogP contribution in [-0.4, -0.2) is 47.1 Å². The Morgan fingerprint density at radius 3 is 1.50 bits per heavy atom. The van der Waals surface area contributed by atoms with Crippen LogP contribution in [0.3, 0.4) is 0 Å². The molecule has 0 aromatic rings. The van der Waals surface area contributed by atoms with Gasteiger partial charge in [0.2, 0.25) is 0 Å². The average Bonchev–Trinajstić information content (AvgIpc) is 3.32. The topological polar surface area (TPSA) is 27.7 Å². The second-order valence-electron chi connectivity index (χ2n) is 8.05. The molecule has 4 heteroatoms. The molecule has 8 unspecified atom stereocenters. The highest BCUT2D eigenvalue weighted by atomic mass is 32.2. The Morgan fingerprint density at radius 1 is 0.542 bits per heavy atom. The quantitative estimate of drug-likeness (QED) is 0.618. The van der Waals surface area contributed by atoms with Crippen LogP contribution in [0.4, 0.5) is 0 Å². The smallest absolute Gasteiger partial charge is 0.0789 e. The van der Waals surface area contributed by atoms with Crippen LogP contribution in [-0.2, 0) is 14.2 Å². The second kappa shape index (κ2) is 6.79. The largest absolute Gasteiger partial charge is 0.375 e. The molecular weight excluding hydrogens is 320 g/mol. The number of ether oxygens (including phenoxy) is 3. The molecule has 24 heavy (non-hydrogen) atoms. The van der Waals surface area contributed by atoms with Gasteiger partial charge in [-0.2, -0.15) is 0 Å². The molecule has 0 N–H and O–H groups in total. The van der Waals surface area contributed by atoms with Crippen molar-refractivity contribution >= 4 is 11.8 Å². The van der Waals surface area contributed by atoms with Crippen LogP contribution >= 0.6 is 11.8 Å². The maximum Gasteiger partial charge on any atom is 0.0789 e. The molecule has 0 aromatic carbocycles. The lowest BCUT2D eigenvalue weighted by molar-refractivity contribution is -0.0300. The van der Waals surface area contributed by atoms with E-state index in [1.807, 2.05) is 0 Å². The Labute approximate surface area is 149 Å². The van der Waals surface area contributed by atoms with Crippen molar-refractivity contribution in [3.8, 4) is 0 Å². The minimum Gasteiger partial charge on any atom is -0.375 e. The standard InChI is InChI=1S/C20H28O3S/c1-2-14-10-16-4-6-18(23-16)12-20-8-7-19(24-20)11-17-5-3-15(22-17)9-13(1)21-14/h1-2,7-8,13-20H,3-6,9-12H2. The molecule has 5 aliphatic rings. The minimum atomic E-state index is 0.244. The number of hydrogen-bond acceptors (Lipinski definition) is 4. The second-order valence-corrected chi connectivity index (χ2v) is 9.54. The fourth-order valence-corrected chi connectivity index (χ4v) is 6.42. The van der Waals surface area contributed by atoms with Crippen molar-refractivity contribution in [1.29, 1.82) is 0 Å². The summed E-state index contributed by atoms with van der Waals surface area (Å²) in [6, 6.07) is 0. The van der Waals surface area contributed by atoms with Crippen molar-refractivity contribution in [2.75, 3.05) is 0 Å². The molecule has 3 saturated heterocycles. The fraction of sp³-hybridized carbons (Fsp3) is 0.800. The number of hydrogen-bond donors (Lipinski definition) is 0. The molecule has 0 spiro atoms. The van der Waals surface area contributed by atoms with Crippen molar-refractivity contribution in [2.24, 2.45) is 0 Å².